The number of carbonyl (C=O) groups excluding carboxylic acids is 1. The van der Waals surface area contributed by atoms with Gasteiger partial charge in [-0.15, -0.1) is 0 Å². The summed E-state index contributed by atoms with van der Waals surface area (Å²) in [5.41, 5.74) is -0.674. The number of halogens is 1. The molecule has 1 heterocycles. The van der Waals surface area contributed by atoms with Crippen molar-refractivity contribution in [1.29, 1.82) is 0 Å². The molecule has 30 heavy (non-hydrogen) atoms. The Morgan fingerprint density at radius 1 is 1.17 bits per heavy atom. The summed E-state index contributed by atoms with van der Waals surface area (Å²) in [6.07, 6.45) is 2.06. The summed E-state index contributed by atoms with van der Waals surface area (Å²) in [5.74, 6) is 0. The smallest absolute Gasteiger partial charge is 0.410 e. The van der Waals surface area contributed by atoms with Gasteiger partial charge in [0.1, 0.15) is 5.60 Å². The first-order valence-electron chi connectivity index (χ1n) is 9.93. The number of carbonyl (C=O) groups is 1. The maximum Gasteiger partial charge on any atom is 0.410 e. The van der Waals surface area contributed by atoms with Crippen LogP contribution in [0.4, 0.5) is 4.79 Å². The molecule has 1 aliphatic rings. The van der Waals surface area contributed by atoms with Crippen LogP contribution in [0.25, 0.3) is 0 Å². The third-order valence-corrected chi connectivity index (χ3v) is 6.01. The van der Waals surface area contributed by atoms with Crippen LogP contribution in [0.15, 0.2) is 33.6 Å². The lowest BCUT2D eigenvalue weighted by Crippen LogP contribution is -2.41. The maximum atomic E-state index is 12.5. The van der Waals surface area contributed by atoms with Crippen LogP contribution >= 0.6 is 15.9 Å². The summed E-state index contributed by atoms with van der Waals surface area (Å²) in [7, 11) is -3.92. The first kappa shape index (κ1) is 25.1. The number of rotatable bonds is 9. The van der Waals surface area contributed by atoms with Crippen molar-refractivity contribution in [3.8, 4) is 0 Å². The Morgan fingerprint density at radius 2 is 1.83 bits per heavy atom. The number of hydrogen-bond acceptors (Lipinski definition) is 7. The van der Waals surface area contributed by atoms with Crippen molar-refractivity contribution in [3.05, 3.63) is 28.7 Å². The zero-order chi connectivity index (χ0) is 22.2. The fourth-order valence-electron chi connectivity index (χ4n) is 2.68. The normalized spacial score (nSPS) is 17.5. The number of ether oxygens (including phenoxy) is 3. The van der Waals surface area contributed by atoms with E-state index in [0.717, 1.165) is 23.7 Å². The van der Waals surface area contributed by atoms with Crippen LogP contribution in [0.1, 0.15) is 40.0 Å². The predicted octanol–water partition coefficient (Wildman–Crippen LogP) is 3.93. The lowest BCUT2D eigenvalue weighted by Gasteiger charge is -2.28. The van der Waals surface area contributed by atoms with E-state index in [0.29, 0.717) is 6.61 Å². The van der Waals surface area contributed by atoms with Gasteiger partial charge in [-0.2, -0.15) is 8.42 Å². The standard InChI is InChI=1S/C20H30BrNO7S/c1-20(2,3)29-19(23)22(11-14-27-18-6-4-5-13-26-18)12-15-28-30(24,25)17-9-7-16(21)8-10-17/h7-10,18H,4-6,11-15H2,1-3H3. The second-order valence-electron chi connectivity index (χ2n) is 7.86. The van der Waals surface area contributed by atoms with Gasteiger partial charge < -0.3 is 19.1 Å². The molecule has 1 saturated heterocycles. The van der Waals surface area contributed by atoms with Crippen LogP contribution in [0.2, 0.25) is 0 Å². The van der Waals surface area contributed by atoms with Crippen LogP contribution in [0, 0.1) is 0 Å². The largest absolute Gasteiger partial charge is 0.444 e. The van der Waals surface area contributed by atoms with Crippen molar-refractivity contribution in [2.45, 2.75) is 56.8 Å². The quantitative estimate of drug-likeness (QED) is 0.467. The van der Waals surface area contributed by atoms with E-state index in [1.165, 1.54) is 17.0 Å². The van der Waals surface area contributed by atoms with E-state index in [4.69, 9.17) is 18.4 Å². The zero-order valence-corrected chi connectivity index (χ0v) is 20.0. The van der Waals surface area contributed by atoms with E-state index < -0.39 is 21.8 Å². The van der Waals surface area contributed by atoms with E-state index in [2.05, 4.69) is 15.9 Å². The SMILES string of the molecule is CC(C)(C)OC(=O)N(CCOC1CCCCO1)CCOS(=O)(=O)c1ccc(Br)cc1. The first-order chi connectivity index (χ1) is 14.1. The molecule has 1 aromatic rings. The first-order valence-corrected chi connectivity index (χ1v) is 12.1. The minimum absolute atomic E-state index is 0.0412. The van der Waals surface area contributed by atoms with E-state index in [9.17, 15) is 13.2 Å². The molecule has 8 nitrogen and oxygen atoms in total. The minimum atomic E-state index is -3.92. The van der Waals surface area contributed by atoms with Gasteiger partial charge in [-0.25, -0.2) is 4.79 Å². The molecule has 0 N–H and O–H groups in total. The molecule has 1 aromatic carbocycles. The second-order valence-corrected chi connectivity index (χ2v) is 10.4. The second kappa shape index (κ2) is 11.4. The monoisotopic (exact) mass is 507 g/mol. The van der Waals surface area contributed by atoms with Gasteiger partial charge in [0, 0.05) is 24.2 Å². The Bertz CT molecular complexity index is 771. The molecule has 1 unspecified atom stereocenters. The van der Waals surface area contributed by atoms with Crippen molar-refractivity contribution in [3.63, 3.8) is 0 Å². The van der Waals surface area contributed by atoms with Crippen LogP contribution in [-0.4, -0.2) is 64.2 Å². The van der Waals surface area contributed by atoms with Crippen molar-refractivity contribution >= 4 is 32.1 Å². The fourth-order valence-corrected chi connectivity index (χ4v) is 3.85. The summed E-state index contributed by atoms with van der Waals surface area (Å²) in [4.78, 5) is 13.9. The highest BCUT2D eigenvalue weighted by molar-refractivity contribution is 9.10. The number of benzene rings is 1. The highest BCUT2D eigenvalue weighted by Crippen LogP contribution is 2.17. The number of hydrogen-bond donors (Lipinski definition) is 0. The highest BCUT2D eigenvalue weighted by Gasteiger charge is 2.24. The summed E-state index contributed by atoms with van der Waals surface area (Å²) in [6.45, 7) is 6.30. The van der Waals surface area contributed by atoms with Crippen molar-refractivity contribution in [1.82, 2.24) is 4.90 Å². The van der Waals surface area contributed by atoms with Crippen molar-refractivity contribution in [2.24, 2.45) is 0 Å². The molecular weight excluding hydrogens is 478 g/mol. The molecule has 1 fully saturated rings. The Morgan fingerprint density at radius 3 is 2.43 bits per heavy atom. The van der Waals surface area contributed by atoms with Gasteiger partial charge in [0.05, 0.1) is 18.1 Å². The predicted molar refractivity (Wildman–Crippen MR) is 115 cm³/mol. The molecule has 170 valence electrons. The van der Waals surface area contributed by atoms with Gasteiger partial charge >= 0.3 is 6.09 Å². The molecule has 1 amide bonds. The summed E-state index contributed by atoms with van der Waals surface area (Å²) in [5, 5.41) is 0. The molecule has 2 rings (SSSR count). The third kappa shape index (κ3) is 8.89. The Kier molecular flexibility index (Phi) is 9.55. The van der Waals surface area contributed by atoms with Crippen LogP contribution < -0.4 is 0 Å². The minimum Gasteiger partial charge on any atom is -0.444 e. The average molecular weight is 508 g/mol. The highest BCUT2D eigenvalue weighted by atomic mass is 79.9. The number of nitrogens with zero attached hydrogens (tertiary/aromatic N) is 1. The summed E-state index contributed by atoms with van der Waals surface area (Å²) >= 11 is 3.26. The average Bonchev–Trinajstić information content (AvgIpc) is 2.66. The zero-order valence-electron chi connectivity index (χ0n) is 17.6. The lowest BCUT2D eigenvalue weighted by atomic mass is 10.2. The number of amides is 1. The van der Waals surface area contributed by atoms with Crippen LogP contribution in [0.3, 0.4) is 0 Å². The topological polar surface area (TPSA) is 91.4 Å². The molecule has 0 aromatic heterocycles. The molecule has 0 bridgehead atoms. The third-order valence-electron chi connectivity index (χ3n) is 4.16. The Balaban J connectivity index is 1.90. The van der Waals surface area contributed by atoms with Crippen LogP contribution in [0.5, 0.6) is 0 Å². The maximum absolute atomic E-state index is 12.5. The Labute approximate surface area is 187 Å². The van der Waals surface area contributed by atoms with Crippen molar-refractivity contribution < 1.29 is 31.6 Å². The molecule has 0 aliphatic carbocycles. The van der Waals surface area contributed by atoms with E-state index in [1.54, 1.807) is 32.9 Å². The summed E-state index contributed by atoms with van der Waals surface area (Å²) < 4.78 is 47.1. The molecule has 0 spiro atoms. The Hall–Kier alpha value is -1.20. The molecule has 1 atom stereocenters. The van der Waals surface area contributed by atoms with Gasteiger partial charge in [-0.05, 0) is 64.3 Å². The molecule has 0 radical (unpaired) electrons. The van der Waals surface area contributed by atoms with Gasteiger partial charge in [0.2, 0.25) is 0 Å². The fraction of sp³-hybridized carbons (Fsp3) is 0.650. The molecule has 1 aliphatic heterocycles. The van der Waals surface area contributed by atoms with E-state index in [-0.39, 0.29) is 37.5 Å². The van der Waals surface area contributed by atoms with E-state index in [1.807, 2.05) is 0 Å². The van der Waals surface area contributed by atoms with Crippen molar-refractivity contribution in [2.75, 3.05) is 32.9 Å². The van der Waals surface area contributed by atoms with Gasteiger partial charge in [0.25, 0.3) is 10.1 Å². The van der Waals surface area contributed by atoms with Gasteiger partial charge in [0.15, 0.2) is 6.29 Å². The molecule has 0 saturated carbocycles. The van der Waals surface area contributed by atoms with E-state index >= 15 is 0 Å². The molecule has 10 heteroatoms. The van der Waals surface area contributed by atoms with Gasteiger partial charge in [-0.3, -0.25) is 4.18 Å². The van der Waals surface area contributed by atoms with Crippen LogP contribution in [-0.2, 0) is 28.5 Å². The molecular formula is C20H30BrNO7S. The summed E-state index contributed by atoms with van der Waals surface area (Å²) in [6, 6.07) is 6.13. The van der Waals surface area contributed by atoms with Gasteiger partial charge in [-0.1, -0.05) is 15.9 Å². The lowest BCUT2D eigenvalue weighted by molar-refractivity contribution is -0.164.